The van der Waals surface area contributed by atoms with E-state index in [0.29, 0.717) is 16.8 Å². The van der Waals surface area contributed by atoms with Gasteiger partial charge in [0.25, 0.3) is 11.8 Å². The minimum atomic E-state index is -0.237. The maximum Gasteiger partial charge on any atom is 0.253 e. The quantitative estimate of drug-likeness (QED) is 0.426. The van der Waals surface area contributed by atoms with Crippen molar-refractivity contribution < 1.29 is 14.4 Å². The Morgan fingerprint density at radius 3 is 2.25 bits per heavy atom. The summed E-state index contributed by atoms with van der Waals surface area (Å²) < 4.78 is 0. The van der Waals surface area contributed by atoms with E-state index in [1.807, 2.05) is 54.3 Å². The summed E-state index contributed by atoms with van der Waals surface area (Å²) in [7, 11) is 0. The Kier molecular flexibility index (Phi) is 8.34. The zero-order chi connectivity index (χ0) is 25.3. The number of amides is 3. The van der Waals surface area contributed by atoms with E-state index < -0.39 is 0 Å². The van der Waals surface area contributed by atoms with Gasteiger partial charge in [-0.15, -0.1) is 0 Å². The molecule has 1 saturated heterocycles. The number of nitrogens with one attached hydrogen (secondary N) is 3. The molecule has 0 saturated carbocycles. The first-order valence-electron chi connectivity index (χ1n) is 12.4. The van der Waals surface area contributed by atoms with Crippen molar-refractivity contribution in [1.82, 2.24) is 10.2 Å². The number of rotatable bonds is 8. The van der Waals surface area contributed by atoms with Gasteiger partial charge in [0.05, 0.1) is 12.6 Å². The zero-order valence-electron chi connectivity index (χ0n) is 20.5. The van der Waals surface area contributed by atoms with Gasteiger partial charge in [-0.2, -0.15) is 0 Å². The smallest absolute Gasteiger partial charge is 0.253 e. The second-order valence-corrected chi connectivity index (χ2v) is 9.02. The fourth-order valence-corrected chi connectivity index (χ4v) is 4.24. The van der Waals surface area contributed by atoms with Gasteiger partial charge in [-0.3, -0.25) is 14.4 Å². The average molecular weight is 485 g/mol. The number of hydrogen-bond acceptors (Lipinski definition) is 4. The van der Waals surface area contributed by atoms with E-state index in [2.05, 4.69) is 16.0 Å². The van der Waals surface area contributed by atoms with Crippen LogP contribution in [0, 0.1) is 0 Å². The Balaban J connectivity index is 1.27. The molecule has 1 atom stereocenters. The summed E-state index contributed by atoms with van der Waals surface area (Å²) in [5, 5.41) is 8.88. The number of hydrogen-bond donors (Lipinski definition) is 3. The van der Waals surface area contributed by atoms with Crippen LogP contribution in [0.3, 0.4) is 0 Å². The molecule has 186 valence electrons. The molecule has 0 radical (unpaired) electrons. The van der Waals surface area contributed by atoms with Crippen LogP contribution in [0.4, 0.5) is 11.4 Å². The van der Waals surface area contributed by atoms with Crippen molar-refractivity contribution in [3.63, 3.8) is 0 Å². The molecule has 1 aliphatic heterocycles. The lowest BCUT2D eigenvalue weighted by molar-refractivity contribution is -0.114. The molecule has 7 heteroatoms. The summed E-state index contributed by atoms with van der Waals surface area (Å²) >= 11 is 0. The number of anilines is 2. The summed E-state index contributed by atoms with van der Waals surface area (Å²) in [6, 6.07) is 23.7. The van der Waals surface area contributed by atoms with E-state index in [-0.39, 0.29) is 30.3 Å². The predicted octanol–water partition coefficient (Wildman–Crippen LogP) is 4.85. The summed E-state index contributed by atoms with van der Waals surface area (Å²) in [5.41, 5.74) is 3.44. The van der Waals surface area contributed by atoms with Gasteiger partial charge in [-0.1, -0.05) is 36.4 Å². The second-order valence-electron chi connectivity index (χ2n) is 9.02. The number of piperidine rings is 1. The van der Waals surface area contributed by atoms with E-state index in [0.717, 1.165) is 37.2 Å². The summed E-state index contributed by atoms with van der Waals surface area (Å²) in [6.45, 7) is 3.61. The highest BCUT2D eigenvalue weighted by atomic mass is 16.2. The molecule has 1 aliphatic rings. The molecular formula is C29H32N4O3. The highest BCUT2D eigenvalue weighted by Crippen LogP contribution is 2.17. The third kappa shape index (κ3) is 6.72. The van der Waals surface area contributed by atoms with Gasteiger partial charge in [-0.05, 0) is 74.2 Å². The van der Waals surface area contributed by atoms with Gasteiger partial charge in [0, 0.05) is 35.6 Å². The Bertz CT molecular complexity index is 1190. The minimum absolute atomic E-state index is 0.0564. The maximum absolute atomic E-state index is 12.7. The first-order chi connectivity index (χ1) is 17.5. The standard InChI is InChI=1S/C29H32N4O3/c1-21(22-9-4-2-5-10-22)31-28(35)24-11-8-12-26(19-24)32-27(34)20-30-25-15-13-23(14-16-25)29(36)33-17-6-3-7-18-33/h2,4-5,8-16,19,21,30H,3,6-7,17-18,20H2,1H3,(H,31,35)(H,32,34). The molecule has 1 unspecified atom stereocenters. The molecule has 3 aromatic rings. The zero-order valence-corrected chi connectivity index (χ0v) is 20.5. The van der Waals surface area contributed by atoms with Crippen LogP contribution >= 0.6 is 0 Å². The van der Waals surface area contributed by atoms with Crippen LogP contribution in [0.25, 0.3) is 0 Å². The van der Waals surface area contributed by atoms with Crippen molar-refractivity contribution >= 4 is 29.1 Å². The second kappa shape index (κ2) is 12.0. The average Bonchev–Trinajstić information content (AvgIpc) is 2.93. The van der Waals surface area contributed by atoms with Gasteiger partial charge in [-0.25, -0.2) is 0 Å². The molecule has 3 amide bonds. The lowest BCUT2D eigenvalue weighted by atomic mass is 10.1. The van der Waals surface area contributed by atoms with Gasteiger partial charge >= 0.3 is 0 Å². The molecule has 1 heterocycles. The number of carbonyl (C=O) groups excluding carboxylic acids is 3. The van der Waals surface area contributed by atoms with Crippen LogP contribution in [0.2, 0.25) is 0 Å². The highest BCUT2D eigenvalue weighted by Gasteiger charge is 2.18. The van der Waals surface area contributed by atoms with E-state index in [1.165, 1.54) is 6.42 Å². The SMILES string of the molecule is CC(NC(=O)c1cccc(NC(=O)CNc2ccc(C(=O)N3CCCCC3)cc2)c1)c1ccccc1. The first kappa shape index (κ1) is 25.0. The summed E-state index contributed by atoms with van der Waals surface area (Å²) in [6.07, 6.45) is 3.29. The molecule has 0 bridgehead atoms. The predicted molar refractivity (Wildman–Crippen MR) is 142 cm³/mol. The van der Waals surface area contributed by atoms with E-state index >= 15 is 0 Å². The topological polar surface area (TPSA) is 90.5 Å². The van der Waals surface area contributed by atoms with Crippen molar-refractivity contribution in [2.24, 2.45) is 0 Å². The third-order valence-corrected chi connectivity index (χ3v) is 6.28. The van der Waals surface area contributed by atoms with Gasteiger partial charge in [0.15, 0.2) is 0 Å². The Morgan fingerprint density at radius 1 is 0.806 bits per heavy atom. The van der Waals surface area contributed by atoms with Gasteiger partial charge < -0.3 is 20.9 Å². The lowest BCUT2D eigenvalue weighted by Crippen LogP contribution is -2.35. The largest absolute Gasteiger partial charge is 0.376 e. The normalized spacial score (nSPS) is 14.0. The Labute approximate surface area is 211 Å². The van der Waals surface area contributed by atoms with Crippen molar-refractivity contribution in [2.75, 3.05) is 30.3 Å². The van der Waals surface area contributed by atoms with E-state index in [4.69, 9.17) is 0 Å². The fraction of sp³-hybridized carbons (Fsp3) is 0.276. The fourth-order valence-electron chi connectivity index (χ4n) is 4.24. The van der Waals surface area contributed by atoms with Crippen LogP contribution in [-0.2, 0) is 4.79 Å². The Morgan fingerprint density at radius 2 is 1.53 bits per heavy atom. The van der Waals surface area contributed by atoms with Crippen LogP contribution < -0.4 is 16.0 Å². The van der Waals surface area contributed by atoms with Crippen molar-refractivity contribution in [3.8, 4) is 0 Å². The van der Waals surface area contributed by atoms with Crippen molar-refractivity contribution in [3.05, 3.63) is 95.6 Å². The van der Waals surface area contributed by atoms with E-state index in [1.54, 1.807) is 36.4 Å². The van der Waals surface area contributed by atoms with Crippen LogP contribution in [0.15, 0.2) is 78.9 Å². The van der Waals surface area contributed by atoms with Crippen LogP contribution in [0.1, 0.15) is 58.5 Å². The lowest BCUT2D eigenvalue weighted by Gasteiger charge is -2.26. The minimum Gasteiger partial charge on any atom is -0.376 e. The third-order valence-electron chi connectivity index (χ3n) is 6.28. The first-order valence-corrected chi connectivity index (χ1v) is 12.4. The van der Waals surface area contributed by atoms with Crippen LogP contribution in [0.5, 0.6) is 0 Å². The molecule has 36 heavy (non-hydrogen) atoms. The number of carbonyl (C=O) groups is 3. The molecule has 1 fully saturated rings. The molecule has 3 N–H and O–H groups in total. The Hall–Kier alpha value is -4.13. The molecule has 0 spiro atoms. The number of likely N-dealkylation sites (tertiary alicyclic amines) is 1. The molecule has 4 rings (SSSR count). The van der Waals surface area contributed by atoms with Crippen LogP contribution in [-0.4, -0.2) is 42.3 Å². The van der Waals surface area contributed by atoms with Crippen molar-refractivity contribution in [2.45, 2.75) is 32.2 Å². The highest BCUT2D eigenvalue weighted by molar-refractivity contribution is 5.98. The molecule has 0 aromatic heterocycles. The van der Waals surface area contributed by atoms with Crippen molar-refractivity contribution in [1.29, 1.82) is 0 Å². The summed E-state index contributed by atoms with van der Waals surface area (Å²) in [4.78, 5) is 39.7. The maximum atomic E-state index is 12.7. The number of benzene rings is 3. The molecule has 7 nitrogen and oxygen atoms in total. The van der Waals surface area contributed by atoms with Gasteiger partial charge in [0.2, 0.25) is 5.91 Å². The molecule has 0 aliphatic carbocycles. The number of nitrogens with zero attached hydrogens (tertiary/aromatic N) is 1. The molecular weight excluding hydrogens is 452 g/mol. The van der Waals surface area contributed by atoms with Gasteiger partial charge in [0.1, 0.15) is 0 Å². The molecule has 3 aromatic carbocycles. The monoisotopic (exact) mass is 484 g/mol. The van der Waals surface area contributed by atoms with E-state index in [9.17, 15) is 14.4 Å². The summed E-state index contributed by atoms with van der Waals surface area (Å²) in [5.74, 6) is -0.389.